The second-order valence-corrected chi connectivity index (χ2v) is 10.1. The van der Waals surface area contributed by atoms with Crippen molar-refractivity contribution >= 4 is 46.0 Å². The van der Waals surface area contributed by atoms with Crippen LogP contribution in [0, 0.1) is 0 Å². The van der Waals surface area contributed by atoms with Gasteiger partial charge in [-0.25, -0.2) is 19.3 Å². The minimum Gasteiger partial charge on any atom is -0.496 e. The first-order valence-corrected chi connectivity index (χ1v) is 13.0. The number of ether oxygens (including phenoxy) is 2. The quantitative estimate of drug-likeness (QED) is 0.292. The van der Waals surface area contributed by atoms with Crippen LogP contribution in [0.4, 0.5) is 15.6 Å². The van der Waals surface area contributed by atoms with Crippen LogP contribution < -0.4 is 14.5 Å². The number of benzene rings is 2. The van der Waals surface area contributed by atoms with Crippen LogP contribution in [0.15, 0.2) is 47.8 Å². The topological polar surface area (TPSA) is 115 Å². The van der Waals surface area contributed by atoms with Gasteiger partial charge >= 0.3 is 17.9 Å². The van der Waals surface area contributed by atoms with Crippen molar-refractivity contribution in [3.8, 4) is 5.75 Å². The molecule has 3 heterocycles. The van der Waals surface area contributed by atoms with Crippen molar-refractivity contribution < 1.29 is 28.7 Å². The Kier molecular flexibility index (Phi) is 6.49. The van der Waals surface area contributed by atoms with Crippen molar-refractivity contribution in [1.29, 1.82) is 0 Å². The number of carbonyl (C=O) groups excluding carboxylic acids is 4. The van der Waals surface area contributed by atoms with E-state index in [9.17, 15) is 19.2 Å². The molecule has 196 valence electrons. The molecule has 3 atom stereocenters. The first kappa shape index (κ1) is 25.6. The second kappa shape index (κ2) is 9.66. The molecule has 0 radical (unpaired) electrons. The number of nitrogens with one attached hydrogen (secondary N) is 1. The van der Waals surface area contributed by atoms with Gasteiger partial charge in [-0.05, 0) is 29.7 Å². The van der Waals surface area contributed by atoms with Crippen LogP contribution in [0.3, 0.4) is 0 Å². The fraction of sp³-hybridized carbons (Fsp3) is 0.296. The molecule has 0 spiro atoms. The highest BCUT2D eigenvalue weighted by Crippen LogP contribution is 2.43. The molecule has 0 bridgehead atoms. The number of esters is 1. The number of methoxy groups -OCH3 is 2. The van der Waals surface area contributed by atoms with E-state index in [2.05, 4.69) is 10.3 Å². The van der Waals surface area contributed by atoms with Crippen LogP contribution in [0.25, 0.3) is 0 Å². The summed E-state index contributed by atoms with van der Waals surface area (Å²) in [4.78, 5) is 58.6. The number of carbonyl (C=O) groups is 4. The third-order valence-corrected chi connectivity index (χ3v) is 8.19. The van der Waals surface area contributed by atoms with Gasteiger partial charge in [-0.3, -0.25) is 4.79 Å². The molecular formula is C27H27N4O6S+. The van der Waals surface area contributed by atoms with Crippen LogP contribution >= 0.6 is 11.3 Å². The zero-order chi connectivity index (χ0) is 27.2. The van der Waals surface area contributed by atoms with Crippen molar-refractivity contribution in [2.45, 2.75) is 31.8 Å². The number of hydrogen-bond donors (Lipinski definition) is 1. The highest BCUT2D eigenvalue weighted by molar-refractivity contribution is 7.14. The van der Waals surface area contributed by atoms with Crippen LogP contribution in [0.1, 0.15) is 40.1 Å². The molecule has 1 aromatic heterocycles. The van der Waals surface area contributed by atoms with E-state index in [0.717, 1.165) is 27.4 Å². The highest BCUT2D eigenvalue weighted by Gasteiger charge is 2.56. The molecule has 3 aromatic rings. The molecule has 2 unspecified atom stereocenters. The lowest BCUT2D eigenvalue weighted by Crippen LogP contribution is -2.61. The fourth-order valence-corrected chi connectivity index (χ4v) is 6.08. The van der Waals surface area contributed by atoms with Gasteiger partial charge in [0, 0.05) is 23.4 Å². The maximum Gasteiger partial charge on any atom is 0.357 e. The van der Waals surface area contributed by atoms with E-state index in [1.54, 1.807) is 26.3 Å². The van der Waals surface area contributed by atoms with Crippen molar-refractivity contribution in [3.05, 3.63) is 70.2 Å². The van der Waals surface area contributed by atoms with E-state index >= 15 is 0 Å². The summed E-state index contributed by atoms with van der Waals surface area (Å²) in [6, 6.07) is 10.1. The van der Waals surface area contributed by atoms with Gasteiger partial charge in [-0.1, -0.05) is 42.5 Å². The SMILES string of the molecule is CCc1cc(C2NC(=O)N([C@H]3Cc4ccccc4[N+](C)(c4nc(C(=O)OC)cs4)C3=O)C2=O)ccc1OC. The second-order valence-electron chi connectivity index (χ2n) is 9.22. The molecule has 2 aliphatic heterocycles. The maximum absolute atomic E-state index is 14.2. The van der Waals surface area contributed by atoms with Crippen molar-refractivity contribution in [2.24, 2.45) is 0 Å². The largest absolute Gasteiger partial charge is 0.496 e. The normalized spacial score (nSPS) is 22.7. The number of aryl methyl sites for hydroxylation is 1. The average Bonchev–Trinajstić information content (AvgIpc) is 3.55. The molecule has 2 aliphatic rings. The lowest BCUT2D eigenvalue weighted by atomic mass is 9.94. The van der Waals surface area contributed by atoms with Gasteiger partial charge < -0.3 is 14.8 Å². The Bertz CT molecular complexity index is 1470. The Balaban J connectivity index is 1.54. The molecule has 1 saturated heterocycles. The number of hydrogen-bond acceptors (Lipinski definition) is 8. The Labute approximate surface area is 223 Å². The number of urea groups is 1. The fourth-order valence-electron chi connectivity index (χ4n) is 5.17. The molecule has 0 saturated carbocycles. The molecule has 2 aromatic carbocycles. The Hall–Kier alpha value is -4.09. The van der Waals surface area contributed by atoms with Gasteiger partial charge in [0.1, 0.15) is 11.8 Å². The molecule has 11 heteroatoms. The molecular weight excluding hydrogens is 508 g/mol. The zero-order valence-corrected chi connectivity index (χ0v) is 22.2. The predicted octanol–water partition coefficient (Wildman–Crippen LogP) is 3.51. The van der Waals surface area contributed by atoms with Gasteiger partial charge in [-0.2, -0.15) is 9.47 Å². The van der Waals surface area contributed by atoms with Crippen molar-refractivity contribution in [2.75, 3.05) is 21.3 Å². The van der Waals surface area contributed by atoms with Crippen LogP contribution in [-0.4, -0.2) is 61.0 Å². The zero-order valence-electron chi connectivity index (χ0n) is 21.4. The minimum absolute atomic E-state index is 0.0838. The Morgan fingerprint density at radius 1 is 1.18 bits per heavy atom. The summed E-state index contributed by atoms with van der Waals surface area (Å²) in [5.41, 5.74) is 3.08. The predicted molar refractivity (Wildman–Crippen MR) is 140 cm³/mol. The van der Waals surface area contributed by atoms with Gasteiger partial charge in [0.15, 0.2) is 17.4 Å². The molecule has 5 rings (SSSR count). The third kappa shape index (κ3) is 3.86. The number of nitrogens with zero attached hydrogens (tertiary/aromatic N) is 3. The van der Waals surface area contributed by atoms with E-state index in [1.165, 1.54) is 12.5 Å². The van der Waals surface area contributed by atoms with E-state index < -0.39 is 40.4 Å². The van der Waals surface area contributed by atoms with E-state index in [0.29, 0.717) is 28.6 Å². The molecule has 10 nitrogen and oxygen atoms in total. The monoisotopic (exact) mass is 535 g/mol. The summed E-state index contributed by atoms with van der Waals surface area (Å²) in [6.45, 7) is 1.98. The first-order chi connectivity index (χ1) is 18.2. The summed E-state index contributed by atoms with van der Waals surface area (Å²) in [5.74, 6) is -0.813. The summed E-state index contributed by atoms with van der Waals surface area (Å²) < 4.78 is 9.78. The van der Waals surface area contributed by atoms with E-state index in [1.807, 2.05) is 37.3 Å². The highest BCUT2D eigenvalue weighted by atomic mass is 32.1. The van der Waals surface area contributed by atoms with Crippen molar-refractivity contribution in [1.82, 2.24) is 19.7 Å². The number of rotatable bonds is 6. The van der Waals surface area contributed by atoms with Crippen molar-refractivity contribution in [3.63, 3.8) is 0 Å². The number of fused-ring (bicyclic) bond motifs is 1. The number of quaternary nitrogens is 1. The Morgan fingerprint density at radius 2 is 1.95 bits per heavy atom. The van der Waals surface area contributed by atoms with Crippen LogP contribution in [-0.2, 0) is 27.2 Å². The number of aromatic nitrogens is 1. The number of imide groups is 1. The van der Waals surface area contributed by atoms with Crippen LogP contribution in [0.2, 0.25) is 0 Å². The summed E-state index contributed by atoms with van der Waals surface area (Å²) in [6.07, 6.45) is 0.859. The molecule has 4 amide bonds. The summed E-state index contributed by atoms with van der Waals surface area (Å²) in [7, 11) is 4.51. The molecule has 38 heavy (non-hydrogen) atoms. The lowest BCUT2D eigenvalue weighted by molar-refractivity contribution is -0.139. The number of thiazole rings is 1. The van der Waals surface area contributed by atoms with E-state index in [-0.39, 0.29) is 12.1 Å². The standard InChI is InChI=1S/C27H26N4O6S/c1-5-15-12-17(10-11-21(15)36-3)22-23(32)30(26(35)29-22)19-13-16-8-6-7-9-20(16)31(2,24(19)33)27-28-18(14-38-27)25(34)37-4/h6-12,14,19,22H,5,13H2,1-4H3/p+1/t19-,22?,31?/m0/s1. The summed E-state index contributed by atoms with van der Waals surface area (Å²) in [5, 5.41) is 4.62. The van der Waals surface area contributed by atoms with Gasteiger partial charge in [-0.15, -0.1) is 0 Å². The maximum atomic E-state index is 14.2. The number of likely N-dealkylation sites (N-methyl/N-ethyl adjacent to an activating group) is 1. The lowest BCUT2D eigenvalue weighted by Gasteiger charge is -2.38. The van der Waals surface area contributed by atoms with E-state index in [4.69, 9.17) is 9.47 Å². The van der Waals surface area contributed by atoms with Crippen LogP contribution in [0.5, 0.6) is 5.75 Å². The smallest absolute Gasteiger partial charge is 0.357 e. The first-order valence-electron chi connectivity index (χ1n) is 12.1. The van der Waals surface area contributed by atoms with Gasteiger partial charge in [0.2, 0.25) is 0 Å². The van der Waals surface area contributed by atoms with Gasteiger partial charge in [0.05, 0.1) is 21.3 Å². The van der Waals surface area contributed by atoms with Gasteiger partial charge in [0.25, 0.3) is 11.0 Å². The minimum atomic E-state index is -1.07. The summed E-state index contributed by atoms with van der Waals surface area (Å²) >= 11 is 1.14. The third-order valence-electron chi connectivity index (χ3n) is 7.18. The average molecular weight is 536 g/mol. The molecule has 0 aliphatic carbocycles. The molecule has 1 N–H and O–H groups in total. The molecule has 1 fully saturated rings. The number of para-hydroxylation sites is 1. The number of amides is 4. The Morgan fingerprint density at radius 3 is 2.66 bits per heavy atom.